The maximum absolute atomic E-state index is 8.60. The molecule has 108 valence electrons. The van der Waals surface area contributed by atoms with E-state index in [-0.39, 0.29) is 6.10 Å². The van der Waals surface area contributed by atoms with Crippen LogP contribution in [0, 0.1) is 0 Å². The van der Waals surface area contributed by atoms with Crippen LogP contribution >= 0.6 is 0 Å². The molecular formula is C15H25NO3. The number of hydrogen-bond donors (Lipinski definition) is 1. The van der Waals surface area contributed by atoms with Gasteiger partial charge in [0.25, 0.3) is 0 Å². The van der Waals surface area contributed by atoms with Gasteiger partial charge in [0.15, 0.2) is 5.79 Å². The van der Waals surface area contributed by atoms with Crippen molar-refractivity contribution in [2.45, 2.75) is 58.0 Å². The summed E-state index contributed by atoms with van der Waals surface area (Å²) in [5.41, 5.74) is 1.08. The van der Waals surface area contributed by atoms with Gasteiger partial charge >= 0.3 is 0 Å². The minimum Gasteiger partial charge on any atom is -0.369 e. The number of methoxy groups -OCH3 is 1. The number of rotatable bonds is 3. The molecule has 1 aromatic rings. The summed E-state index contributed by atoms with van der Waals surface area (Å²) < 4.78 is 10.3. The monoisotopic (exact) mass is 267 g/mol. The van der Waals surface area contributed by atoms with Crippen molar-refractivity contribution >= 4 is 0 Å². The standard InChI is InChI=1S/C11H15NO.C4H10O2/c1-2-9-6-7-11(13-9)10-5-3-4-8-12-10;1-4(2,5)6-3/h3-5,8-9,11H,2,6-7H2,1H3;5H,1-3H3. The third kappa shape index (κ3) is 6.14. The van der Waals surface area contributed by atoms with E-state index < -0.39 is 5.79 Å². The van der Waals surface area contributed by atoms with Crippen LogP contribution in [0.25, 0.3) is 0 Å². The molecule has 4 heteroatoms. The average Bonchev–Trinajstić information content (AvgIpc) is 2.88. The Morgan fingerprint density at radius 1 is 1.42 bits per heavy atom. The van der Waals surface area contributed by atoms with Crippen molar-refractivity contribution in [3.05, 3.63) is 30.1 Å². The highest BCUT2D eigenvalue weighted by molar-refractivity contribution is 5.08. The number of nitrogens with zero attached hydrogens (tertiary/aromatic N) is 1. The summed E-state index contributed by atoms with van der Waals surface area (Å²) in [6.07, 6.45) is 5.94. The highest BCUT2D eigenvalue weighted by Crippen LogP contribution is 2.32. The van der Waals surface area contributed by atoms with Gasteiger partial charge in [-0.25, -0.2) is 0 Å². The van der Waals surface area contributed by atoms with Gasteiger partial charge in [-0.3, -0.25) is 4.98 Å². The lowest BCUT2D eigenvalue weighted by Gasteiger charge is -2.12. The van der Waals surface area contributed by atoms with E-state index in [9.17, 15) is 0 Å². The Balaban J connectivity index is 0.000000258. The summed E-state index contributed by atoms with van der Waals surface area (Å²) in [5.74, 6) is -0.958. The van der Waals surface area contributed by atoms with Gasteiger partial charge in [-0.1, -0.05) is 13.0 Å². The van der Waals surface area contributed by atoms with Crippen molar-refractivity contribution in [3.63, 3.8) is 0 Å². The van der Waals surface area contributed by atoms with E-state index in [1.807, 2.05) is 24.4 Å². The van der Waals surface area contributed by atoms with Crippen LogP contribution in [-0.2, 0) is 9.47 Å². The molecule has 0 aliphatic carbocycles. The van der Waals surface area contributed by atoms with Gasteiger partial charge in [-0.05, 0) is 45.2 Å². The summed E-state index contributed by atoms with van der Waals surface area (Å²) in [6, 6.07) is 6.00. The third-order valence-corrected chi connectivity index (χ3v) is 3.08. The maximum Gasteiger partial charge on any atom is 0.159 e. The fourth-order valence-electron chi connectivity index (χ4n) is 1.79. The van der Waals surface area contributed by atoms with Crippen LogP contribution in [-0.4, -0.2) is 29.1 Å². The predicted octanol–water partition coefficient (Wildman–Crippen LogP) is 3.07. The highest BCUT2D eigenvalue weighted by atomic mass is 16.6. The van der Waals surface area contributed by atoms with Crippen molar-refractivity contribution < 1.29 is 14.6 Å². The van der Waals surface area contributed by atoms with Crippen LogP contribution in [0.5, 0.6) is 0 Å². The van der Waals surface area contributed by atoms with Gasteiger partial charge in [0.2, 0.25) is 0 Å². The molecule has 1 aliphatic heterocycles. The predicted molar refractivity (Wildman–Crippen MR) is 74.7 cm³/mol. The van der Waals surface area contributed by atoms with Crippen LogP contribution in [0.15, 0.2) is 24.4 Å². The Kier molecular flexibility index (Phi) is 6.42. The number of hydrogen-bond acceptors (Lipinski definition) is 4. The van der Waals surface area contributed by atoms with E-state index in [4.69, 9.17) is 9.84 Å². The van der Waals surface area contributed by atoms with E-state index in [0.29, 0.717) is 6.10 Å². The molecule has 0 saturated carbocycles. The van der Waals surface area contributed by atoms with Gasteiger partial charge in [0.05, 0.1) is 17.9 Å². The Labute approximate surface area is 115 Å². The normalized spacial score (nSPS) is 22.8. The van der Waals surface area contributed by atoms with E-state index in [1.54, 1.807) is 13.8 Å². The molecule has 1 aromatic heterocycles. The Bertz CT molecular complexity index is 348. The molecule has 1 aliphatic rings. The molecule has 4 nitrogen and oxygen atoms in total. The molecule has 1 saturated heterocycles. The minimum absolute atomic E-state index is 0.242. The smallest absolute Gasteiger partial charge is 0.159 e. The van der Waals surface area contributed by atoms with Crippen molar-refractivity contribution in [2.75, 3.05) is 7.11 Å². The average molecular weight is 267 g/mol. The zero-order valence-corrected chi connectivity index (χ0v) is 12.3. The molecule has 0 spiro atoms. The van der Waals surface area contributed by atoms with Crippen LogP contribution < -0.4 is 0 Å². The van der Waals surface area contributed by atoms with Crippen LogP contribution in [0.1, 0.15) is 51.8 Å². The topological polar surface area (TPSA) is 51.6 Å². The molecule has 19 heavy (non-hydrogen) atoms. The lowest BCUT2D eigenvalue weighted by atomic mass is 10.1. The lowest BCUT2D eigenvalue weighted by Crippen LogP contribution is -2.20. The van der Waals surface area contributed by atoms with Gasteiger partial charge in [-0.15, -0.1) is 0 Å². The minimum atomic E-state index is -0.958. The van der Waals surface area contributed by atoms with Crippen LogP contribution in [0.2, 0.25) is 0 Å². The quantitative estimate of drug-likeness (QED) is 0.855. The Morgan fingerprint density at radius 3 is 2.53 bits per heavy atom. The first-order chi connectivity index (χ1) is 8.96. The molecule has 1 fully saturated rings. The fraction of sp³-hybridized carbons (Fsp3) is 0.667. The molecule has 2 rings (SSSR count). The van der Waals surface area contributed by atoms with Crippen molar-refractivity contribution in [1.82, 2.24) is 4.98 Å². The number of ether oxygens (including phenoxy) is 2. The summed E-state index contributed by atoms with van der Waals surface area (Å²) >= 11 is 0. The first-order valence-corrected chi connectivity index (χ1v) is 6.80. The largest absolute Gasteiger partial charge is 0.369 e. The van der Waals surface area contributed by atoms with E-state index in [0.717, 1.165) is 18.5 Å². The SMILES string of the molecule is CCC1CCC(c2ccccn2)O1.COC(C)(C)O. The van der Waals surface area contributed by atoms with Crippen LogP contribution in [0.3, 0.4) is 0 Å². The molecular weight excluding hydrogens is 242 g/mol. The van der Waals surface area contributed by atoms with Crippen molar-refractivity contribution in [3.8, 4) is 0 Å². The lowest BCUT2D eigenvalue weighted by molar-refractivity contribution is -0.155. The summed E-state index contributed by atoms with van der Waals surface area (Å²) in [5, 5.41) is 8.60. The Hall–Kier alpha value is -0.970. The molecule has 1 N–H and O–H groups in total. The highest BCUT2D eigenvalue weighted by Gasteiger charge is 2.25. The van der Waals surface area contributed by atoms with Gasteiger partial charge < -0.3 is 14.6 Å². The summed E-state index contributed by atoms with van der Waals surface area (Å²) in [4.78, 5) is 4.30. The summed E-state index contributed by atoms with van der Waals surface area (Å²) in [6.45, 7) is 5.32. The molecule has 0 radical (unpaired) electrons. The second-order valence-electron chi connectivity index (χ2n) is 5.14. The Morgan fingerprint density at radius 2 is 2.11 bits per heavy atom. The van der Waals surface area contributed by atoms with Gasteiger partial charge in [0.1, 0.15) is 0 Å². The number of aromatic nitrogens is 1. The number of pyridine rings is 1. The number of aliphatic hydroxyl groups is 1. The van der Waals surface area contributed by atoms with Crippen molar-refractivity contribution in [1.29, 1.82) is 0 Å². The molecule has 0 aromatic carbocycles. The molecule has 2 unspecified atom stereocenters. The second-order valence-corrected chi connectivity index (χ2v) is 5.14. The molecule has 2 atom stereocenters. The summed E-state index contributed by atoms with van der Waals surface area (Å²) in [7, 11) is 1.46. The fourth-order valence-corrected chi connectivity index (χ4v) is 1.79. The third-order valence-electron chi connectivity index (χ3n) is 3.08. The maximum atomic E-state index is 8.60. The van der Waals surface area contributed by atoms with E-state index in [1.165, 1.54) is 13.5 Å². The van der Waals surface area contributed by atoms with E-state index >= 15 is 0 Å². The van der Waals surface area contributed by atoms with Gasteiger partial charge in [-0.2, -0.15) is 0 Å². The van der Waals surface area contributed by atoms with Crippen molar-refractivity contribution in [2.24, 2.45) is 0 Å². The zero-order valence-electron chi connectivity index (χ0n) is 12.3. The first kappa shape index (κ1) is 16.1. The second kappa shape index (κ2) is 7.58. The first-order valence-electron chi connectivity index (χ1n) is 6.80. The van der Waals surface area contributed by atoms with Gasteiger partial charge in [0, 0.05) is 13.3 Å². The molecule has 0 bridgehead atoms. The van der Waals surface area contributed by atoms with Crippen LogP contribution in [0.4, 0.5) is 0 Å². The molecule has 2 heterocycles. The van der Waals surface area contributed by atoms with E-state index in [2.05, 4.69) is 16.6 Å². The molecule has 0 amide bonds. The zero-order chi connectivity index (χ0) is 14.3.